The van der Waals surface area contributed by atoms with Crippen molar-refractivity contribution in [3.63, 3.8) is 0 Å². The van der Waals surface area contributed by atoms with Crippen LogP contribution < -0.4 is 14.8 Å². The number of hydrogen-bond acceptors (Lipinski definition) is 8. The molecule has 1 amide bonds. The second kappa shape index (κ2) is 9.74. The number of benzene rings is 2. The van der Waals surface area contributed by atoms with E-state index < -0.39 is 4.92 Å². The van der Waals surface area contributed by atoms with Gasteiger partial charge < -0.3 is 19.4 Å². The molecule has 0 radical (unpaired) electrons. The normalized spacial score (nSPS) is 10.5. The van der Waals surface area contributed by atoms with E-state index >= 15 is 0 Å². The molecule has 0 fully saturated rings. The van der Waals surface area contributed by atoms with Gasteiger partial charge >= 0.3 is 0 Å². The van der Waals surface area contributed by atoms with Crippen molar-refractivity contribution in [1.82, 2.24) is 14.8 Å². The Morgan fingerprint density at radius 1 is 1.17 bits per heavy atom. The summed E-state index contributed by atoms with van der Waals surface area (Å²) in [6, 6.07) is 12.9. The van der Waals surface area contributed by atoms with Gasteiger partial charge in [-0.3, -0.25) is 14.9 Å². The molecule has 11 heteroatoms. The standard InChI is InChI=1S/C19H19N5O5S/c1-23-17(11-29-16-6-4-3-5-15(16)28-2)21-22-19(23)30-12-18(25)20-13-7-9-14(10-8-13)24(26)27/h3-10H,11-12H2,1-2H3,(H,20,25). The number of carbonyl (C=O) groups is 1. The van der Waals surface area contributed by atoms with E-state index in [4.69, 9.17) is 9.47 Å². The Balaban J connectivity index is 1.53. The van der Waals surface area contributed by atoms with E-state index in [1.54, 1.807) is 30.9 Å². The SMILES string of the molecule is COc1ccccc1OCc1nnc(SCC(=O)Nc2ccc([N+](=O)[O-])cc2)n1C. The lowest BCUT2D eigenvalue weighted by atomic mass is 10.3. The quantitative estimate of drug-likeness (QED) is 0.313. The molecule has 0 spiro atoms. The smallest absolute Gasteiger partial charge is 0.269 e. The largest absolute Gasteiger partial charge is 0.493 e. The van der Waals surface area contributed by atoms with E-state index in [-0.39, 0.29) is 24.0 Å². The van der Waals surface area contributed by atoms with Crippen LogP contribution in [-0.4, -0.2) is 38.5 Å². The number of ether oxygens (including phenoxy) is 2. The summed E-state index contributed by atoms with van der Waals surface area (Å²) in [7, 11) is 3.36. The number of amides is 1. The lowest BCUT2D eigenvalue weighted by Gasteiger charge is -2.10. The van der Waals surface area contributed by atoms with Crippen molar-refractivity contribution in [3.8, 4) is 11.5 Å². The van der Waals surface area contributed by atoms with Gasteiger partial charge in [-0.1, -0.05) is 23.9 Å². The van der Waals surface area contributed by atoms with Crippen LogP contribution in [0.15, 0.2) is 53.7 Å². The molecule has 3 rings (SSSR count). The van der Waals surface area contributed by atoms with Gasteiger partial charge in [-0.15, -0.1) is 10.2 Å². The minimum absolute atomic E-state index is 0.0377. The zero-order valence-electron chi connectivity index (χ0n) is 16.3. The Morgan fingerprint density at radius 3 is 2.53 bits per heavy atom. The Bertz CT molecular complexity index is 1040. The first-order chi connectivity index (χ1) is 14.5. The molecule has 0 atom stereocenters. The molecule has 0 aliphatic heterocycles. The van der Waals surface area contributed by atoms with E-state index in [2.05, 4.69) is 15.5 Å². The zero-order valence-corrected chi connectivity index (χ0v) is 17.1. The van der Waals surface area contributed by atoms with Gasteiger partial charge in [0.15, 0.2) is 22.5 Å². The lowest BCUT2D eigenvalue weighted by molar-refractivity contribution is -0.384. The second-order valence-corrected chi connectivity index (χ2v) is 6.98. The van der Waals surface area contributed by atoms with Crippen LogP contribution in [0, 0.1) is 10.1 Å². The monoisotopic (exact) mass is 429 g/mol. The molecule has 3 aromatic rings. The van der Waals surface area contributed by atoms with Crippen molar-refractivity contribution >= 4 is 29.0 Å². The molecule has 1 heterocycles. The third-order valence-corrected chi connectivity index (χ3v) is 5.07. The number of rotatable bonds is 9. The predicted molar refractivity (Wildman–Crippen MR) is 111 cm³/mol. The number of nitro benzene ring substituents is 1. The van der Waals surface area contributed by atoms with E-state index in [0.29, 0.717) is 28.2 Å². The third kappa shape index (κ3) is 5.26. The minimum Gasteiger partial charge on any atom is -0.493 e. The molecular formula is C19H19N5O5S. The number of nitrogens with zero attached hydrogens (tertiary/aromatic N) is 4. The number of non-ortho nitro benzene ring substituents is 1. The number of hydrogen-bond donors (Lipinski definition) is 1. The highest BCUT2D eigenvalue weighted by molar-refractivity contribution is 7.99. The van der Waals surface area contributed by atoms with Crippen molar-refractivity contribution in [2.45, 2.75) is 11.8 Å². The van der Waals surface area contributed by atoms with Gasteiger partial charge in [-0.25, -0.2) is 0 Å². The summed E-state index contributed by atoms with van der Waals surface area (Å²) in [5.41, 5.74) is 0.444. The van der Waals surface area contributed by atoms with Crippen molar-refractivity contribution < 1.29 is 19.2 Å². The number of anilines is 1. The number of thioether (sulfide) groups is 1. The van der Waals surface area contributed by atoms with Crippen LogP contribution in [0.1, 0.15) is 5.82 Å². The summed E-state index contributed by atoms with van der Waals surface area (Å²) in [5, 5.41) is 22.1. The maximum atomic E-state index is 12.1. The Kier molecular flexibility index (Phi) is 6.86. The van der Waals surface area contributed by atoms with Gasteiger partial charge in [-0.05, 0) is 24.3 Å². The first-order valence-corrected chi connectivity index (χ1v) is 9.77. The molecule has 2 aromatic carbocycles. The molecule has 10 nitrogen and oxygen atoms in total. The maximum absolute atomic E-state index is 12.1. The van der Waals surface area contributed by atoms with Gasteiger partial charge in [-0.2, -0.15) is 0 Å². The van der Waals surface area contributed by atoms with Crippen LogP contribution in [0.3, 0.4) is 0 Å². The number of nitro groups is 1. The lowest BCUT2D eigenvalue weighted by Crippen LogP contribution is -2.14. The van der Waals surface area contributed by atoms with Gasteiger partial charge in [0.1, 0.15) is 6.61 Å². The number of methoxy groups -OCH3 is 1. The number of carbonyl (C=O) groups excluding carboxylic acids is 1. The van der Waals surface area contributed by atoms with Crippen molar-refractivity contribution in [3.05, 3.63) is 64.5 Å². The van der Waals surface area contributed by atoms with Crippen LogP contribution in [0.4, 0.5) is 11.4 Å². The Morgan fingerprint density at radius 2 is 1.87 bits per heavy atom. The highest BCUT2D eigenvalue weighted by Crippen LogP contribution is 2.27. The first-order valence-electron chi connectivity index (χ1n) is 8.79. The van der Waals surface area contributed by atoms with Crippen molar-refractivity contribution in [1.29, 1.82) is 0 Å². The van der Waals surface area contributed by atoms with Crippen LogP contribution in [0.2, 0.25) is 0 Å². The Labute approximate surface area is 176 Å². The Hall–Kier alpha value is -3.60. The molecule has 0 unspecified atom stereocenters. The predicted octanol–water partition coefficient (Wildman–Crippen LogP) is 3.04. The zero-order chi connectivity index (χ0) is 21.5. The number of nitrogens with one attached hydrogen (secondary N) is 1. The summed E-state index contributed by atoms with van der Waals surface area (Å²) in [5.74, 6) is 1.66. The topological polar surface area (TPSA) is 121 Å². The van der Waals surface area contributed by atoms with Gasteiger partial charge in [0, 0.05) is 24.9 Å². The molecule has 0 aliphatic carbocycles. The summed E-state index contributed by atoms with van der Waals surface area (Å²) in [6.07, 6.45) is 0. The minimum atomic E-state index is -0.495. The molecule has 1 aromatic heterocycles. The van der Waals surface area contributed by atoms with E-state index in [0.717, 1.165) is 0 Å². The van der Waals surface area contributed by atoms with Crippen molar-refractivity contribution in [2.24, 2.45) is 7.05 Å². The summed E-state index contributed by atoms with van der Waals surface area (Å²) >= 11 is 1.22. The average molecular weight is 429 g/mol. The van der Waals surface area contributed by atoms with Gasteiger partial charge in [0.05, 0.1) is 17.8 Å². The molecule has 30 heavy (non-hydrogen) atoms. The van der Waals surface area contributed by atoms with Gasteiger partial charge in [0.2, 0.25) is 5.91 Å². The third-order valence-electron chi connectivity index (χ3n) is 4.05. The van der Waals surface area contributed by atoms with Crippen molar-refractivity contribution in [2.75, 3.05) is 18.2 Å². The molecule has 0 saturated heterocycles. The molecule has 0 saturated carbocycles. The van der Waals surface area contributed by atoms with E-state index in [1.807, 2.05) is 12.1 Å². The highest BCUT2D eigenvalue weighted by Gasteiger charge is 2.13. The average Bonchev–Trinajstić information content (AvgIpc) is 3.10. The first kappa shape index (κ1) is 21.1. The number of aromatic nitrogens is 3. The highest BCUT2D eigenvalue weighted by atomic mass is 32.2. The maximum Gasteiger partial charge on any atom is 0.269 e. The second-order valence-electron chi connectivity index (χ2n) is 6.04. The molecule has 156 valence electrons. The van der Waals surface area contributed by atoms with Crippen LogP contribution in [0.5, 0.6) is 11.5 Å². The summed E-state index contributed by atoms with van der Waals surface area (Å²) in [6.45, 7) is 0.194. The molecule has 1 N–H and O–H groups in total. The summed E-state index contributed by atoms with van der Waals surface area (Å²) < 4.78 is 12.8. The van der Waals surface area contributed by atoms with Gasteiger partial charge in [0.25, 0.3) is 5.69 Å². The van der Waals surface area contributed by atoms with E-state index in [1.165, 1.54) is 36.0 Å². The van der Waals surface area contributed by atoms with Crippen LogP contribution >= 0.6 is 11.8 Å². The van der Waals surface area contributed by atoms with E-state index in [9.17, 15) is 14.9 Å². The fraction of sp³-hybridized carbons (Fsp3) is 0.211. The molecule has 0 aliphatic rings. The molecule has 0 bridgehead atoms. The summed E-state index contributed by atoms with van der Waals surface area (Å²) in [4.78, 5) is 22.3. The van der Waals surface area contributed by atoms with Crippen LogP contribution in [0.25, 0.3) is 0 Å². The molecular weight excluding hydrogens is 410 g/mol. The number of para-hydroxylation sites is 2. The fourth-order valence-corrected chi connectivity index (χ4v) is 3.20. The fourth-order valence-electron chi connectivity index (χ4n) is 2.47. The van der Waals surface area contributed by atoms with Crippen LogP contribution in [-0.2, 0) is 18.4 Å².